The van der Waals surface area contributed by atoms with Gasteiger partial charge in [-0.15, -0.1) is 0 Å². The highest BCUT2D eigenvalue weighted by atomic mass is 16.6. The molecule has 0 radical (unpaired) electrons. The van der Waals surface area contributed by atoms with Crippen LogP contribution >= 0.6 is 0 Å². The maximum atomic E-state index is 11.9. The maximum absolute atomic E-state index is 11.9. The first-order chi connectivity index (χ1) is 9.30. The van der Waals surface area contributed by atoms with Crippen LogP contribution in [0.5, 0.6) is 0 Å². The van der Waals surface area contributed by atoms with Gasteiger partial charge in [-0.05, 0) is 46.6 Å². The van der Waals surface area contributed by atoms with Gasteiger partial charge in [-0.2, -0.15) is 0 Å². The zero-order valence-corrected chi connectivity index (χ0v) is 12.6. The molecule has 0 aliphatic carbocycles. The Labute approximate surface area is 120 Å². The molecule has 0 heterocycles. The molecule has 20 heavy (non-hydrogen) atoms. The Bertz CT molecular complexity index is 302. The molecule has 0 unspecified atom stereocenters. The third-order valence-corrected chi connectivity index (χ3v) is 2.37. The third kappa shape index (κ3) is 9.57. The van der Waals surface area contributed by atoms with Crippen LogP contribution in [-0.2, 0) is 9.53 Å². The van der Waals surface area contributed by atoms with Gasteiger partial charge in [-0.25, -0.2) is 4.79 Å². The minimum atomic E-state index is -0.678. The van der Waals surface area contributed by atoms with E-state index >= 15 is 0 Å². The summed E-state index contributed by atoms with van der Waals surface area (Å²) in [7, 11) is 0. The Balaban J connectivity index is 4.43. The molecule has 7 heteroatoms. The molecule has 5 N–H and O–H groups in total. The Hall–Kier alpha value is -1.34. The maximum Gasteiger partial charge on any atom is 0.408 e. The van der Waals surface area contributed by atoms with Crippen LogP contribution < -0.4 is 16.4 Å². The van der Waals surface area contributed by atoms with Crippen LogP contribution in [0.25, 0.3) is 0 Å². The monoisotopic (exact) mass is 289 g/mol. The Morgan fingerprint density at radius 3 is 2.45 bits per heavy atom. The lowest BCUT2D eigenvalue weighted by molar-refractivity contribution is -0.123. The van der Waals surface area contributed by atoms with E-state index in [4.69, 9.17) is 15.6 Å². The van der Waals surface area contributed by atoms with Crippen LogP contribution in [-0.4, -0.2) is 48.4 Å². The van der Waals surface area contributed by atoms with Crippen molar-refractivity contribution in [3.8, 4) is 0 Å². The summed E-state index contributed by atoms with van der Waals surface area (Å²) in [5.41, 5.74) is 4.79. The quantitative estimate of drug-likeness (QED) is 0.474. The highest BCUT2D eigenvalue weighted by Gasteiger charge is 2.23. The summed E-state index contributed by atoms with van der Waals surface area (Å²) >= 11 is 0. The van der Waals surface area contributed by atoms with Crippen LogP contribution in [0.1, 0.15) is 40.0 Å². The Morgan fingerprint density at radius 1 is 1.30 bits per heavy atom. The summed E-state index contributed by atoms with van der Waals surface area (Å²) in [4.78, 5) is 23.6. The van der Waals surface area contributed by atoms with Gasteiger partial charge in [0.25, 0.3) is 0 Å². The van der Waals surface area contributed by atoms with Crippen molar-refractivity contribution in [2.45, 2.75) is 51.7 Å². The molecule has 0 aromatic heterocycles. The summed E-state index contributed by atoms with van der Waals surface area (Å²) < 4.78 is 5.13. The second-order valence-electron chi connectivity index (χ2n) is 5.50. The number of carbonyl (C=O) groups is 2. The van der Waals surface area contributed by atoms with E-state index in [1.807, 2.05) is 0 Å². The zero-order valence-electron chi connectivity index (χ0n) is 12.6. The normalized spacial score (nSPS) is 12.7. The van der Waals surface area contributed by atoms with Gasteiger partial charge in [0, 0.05) is 6.54 Å². The van der Waals surface area contributed by atoms with Crippen molar-refractivity contribution in [1.29, 1.82) is 0 Å². The van der Waals surface area contributed by atoms with E-state index in [-0.39, 0.29) is 19.1 Å². The van der Waals surface area contributed by atoms with E-state index < -0.39 is 17.7 Å². The highest BCUT2D eigenvalue weighted by Crippen LogP contribution is 2.08. The van der Waals surface area contributed by atoms with Gasteiger partial charge >= 0.3 is 6.09 Å². The molecule has 2 amide bonds. The molecule has 0 saturated heterocycles. The number of hydrogen-bond acceptors (Lipinski definition) is 5. The second-order valence-corrected chi connectivity index (χ2v) is 5.50. The minimum absolute atomic E-state index is 0.145. The average molecular weight is 289 g/mol. The smallest absolute Gasteiger partial charge is 0.408 e. The summed E-state index contributed by atoms with van der Waals surface area (Å²) in [5, 5.41) is 13.8. The molecule has 0 saturated carbocycles. The average Bonchev–Trinajstić information content (AvgIpc) is 2.32. The Kier molecular flexibility index (Phi) is 8.91. The van der Waals surface area contributed by atoms with E-state index in [0.717, 1.165) is 12.8 Å². The summed E-state index contributed by atoms with van der Waals surface area (Å²) in [6, 6.07) is -0.678. The fraction of sp³-hybridized carbons (Fsp3) is 0.846. The lowest BCUT2D eigenvalue weighted by Crippen LogP contribution is -2.48. The predicted octanol–water partition coefficient (Wildman–Crippen LogP) is 0.117. The van der Waals surface area contributed by atoms with Crippen LogP contribution in [0.15, 0.2) is 0 Å². The van der Waals surface area contributed by atoms with Gasteiger partial charge in [0.1, 0.15) is 11.6 Å². The van der Waals surface area contributed by atoms with Crippen molar-refractivity contribution in [1.82, 2.24) is 10.6 Å². The van der Waals surface area contributed by atoms with Gasteiger partial charge < -0.3 is 26.2 Å². The lowest BCUT2D eigenvalue weighted by atomic mass is 10.1. The zero-order chi connectivity index (χ0) is 15.6. The largest absolute Gasteiger partial charge is 0.444 e. The number of carbonyl (C=O) groups excluding carboxylic acids is 2. The number of hydrogen-bond donors (Lipinski definition) is 4. The minimum Gasteiger partial charge on any atom is -0.444 e. The first kappa shape index (κ1) is 18.7. The van der Waals surface area contributed by atoms with Crippen LogP contribution in [0.2, 0.25) is 0 Å². The first-order valence-electron chi connectivity index (χ1n) is 6.88. The topological polar surface area (TPSA) is 114 Å². The molecule has 0 aliphatic rings. The fourth-order valence-electron chi connectivity index (χ4n) is 1.51. The molecule has 0 bridgehead atoms. The second kappa shape index (κ2) is 9.55. The van der Waals surface area contributed by atoms with E-state index in [0.29, 0.717) is 13.0 Å². The number of nitrogens with two attached hydrogens (primary N) is 1. The number of aliphatic hydroxyl groups excluding tert-OH is 1. The fourth-order valence-corrected chi connectivity index (χ4v) is 1.51. The van der Waals surface area contributed by atoms with E-state index in [1.165, 1.54) is 0 Å². The molecular formula is C13H27N3O4. The standard InChI is InChI=1S/C13H27N3O4/c1-13(2,3)20-12(19)16-10(6-4-5-7-14)11(18)15-8-9-17/h10,17H,4-9,14H2,1-3H3,(H,15,18)(H,16,19)/t10-/m0/s1. The van der Waals surface area contributed by atoms with Gasteiger partial charge in [-0.3, -0.25) is 4.79 Å². The number of unbranched alkanes of at least 4 members (excludes halogenated alkanes) is 1. The molecule has 7 nitrogen and oxygen atoms in total. The van der Waals surface area contributed by atoms with Crippen molar-refractivity contribution in [2.75, 3.05) is 19.7 Å². The molecular weight excluding hydrogens is 262 g/mol. The summed E-state index contributed by atoms with van der Waals surface area (Å²) in [5.74, 6) is -0.332. The van der Waals surface area contributed by atoms with Gasteiger partial charge in [-0.1, -0.05) is 0 Å². The third-order valence-electron chi connectivity index (χ3n) is 2.37. The summed E-state index contributed by atoms with van der Waals surface area (Å²) in [6.45, 7) is 5.80. The predicted molar refractivity (Wildman–Crippen MR) is 76.2 cm³/mol. The van der Waals surface area contributed by atoms with E-state index in [9.17, 15) is 9.59 Å². The molecule has 0 spiro atoms. The number of amides is 2. The Morgan fingerprint density at radius 2 is 1.95 bits per heavy atom. The number of aliphatic hydroxyl groups is 1. The van der Waals surface area contributed by atoms with Crippen molar-refractivity contribution >= 4 is 12.0 Å². The number of nitrogens with one attached hydrogen (secondary N) is 2. The van der Waals surface area contributed by atoms with Crippen molar-refractivity contribution in [2.24, 2.45) is 5.73 Å². The molecule has 0 aliphatic heterocycles. The van der Waals surface area contributed by atoms with E-state index in [2.05, 4.69) is 10.6 Å². The number of rotatable bonds is 8. The van der Waals surface area contributed by atoms with Gasteiger partial charge in [0.15, 0.2) is 0 Å². The van der Waals surface area contributed by atoms with Crippen molar-refractivity contribution in [3.05, 3.63) is 0 Å². The van der Waals surface area contributed by atoms with Crippen molar-refractivity contribution in [3.63, 3.8) is 0 Å². The molecule has 1 atom stereocenters. The van der Waals surface area contributed by atoms with Crippen LogP contribution in [0.4, 0.5) is 4.79 Å². The SMILES string of the molecule is CC(C)(C)OC(=O)N[C@@H](CCCCN)C(=O)NCCO. The van der Waals surface area contributed by atoms with Crippen LogP contribution in [0, 0.1) is 0 Å². The lowest BCUT2D eigenvalue weighted by Gasteiger charge is -2.23. The molecule has 0 rings (SSSR count). The summed E-state index contributed by atoms with van der Waals surface area (Å²) in [6.07, 6.45) is 1.35. The van der Waals surface area contributed by atoms with E-state index in [1.54, 1.807) is 20.8 Å². The van der Waals surface area contributed by atoms with Crippen LogP contribution in [0.3, 0.4) is 0 Å². The first-order valence-corrected chi connectivity index (χ1v) is 6.88. The molecule has 0 fully saturated rings. The molecule has 118 valence electrons. The number of ether oxygens (including phenoxy) is 1. The molecule has 0 aromatic rings. The van der Waals surface area contributed by atoms with Gasteiger partial charge in [0.2, 0.25) is 5.91 Å². The van der Waals surface area contributed by atoms with Gasteiger partial charge in [0.05, 0.1) is 6.61 Å². The number of alkyl carbamates (subject to hydrolysis) is 1. The van der Waals surface area contributed by atoms with Crippen molar-refractivity contribution < 1.29 is 19.4 Å². The molecule has 0 aromatic carbocycles. The highest BCUT2D eigenvalue weighted by molar-refractivity contribution is 5.85.